The van der Waals surface area contributed by atoms with Crippen molar-refractivity contribution < 1.29 is 9.53 Å². The van der Waals surface area contributed by atoms with Crippen molar-refractivity contribution in [3.05, 3.63) is 72.0 Å². The highest BCUT2D eigenvalue weighted by atomic mass is 16.5. The summed E-state index contributed by atoms with van der Waals surface area (Å²) < 4.78 is 5.76. The molecule has 100 valence electrons. The molecule has 0 atom stereocenters. The summed E-state index contributed by atoms with van der Waals surface area (Å²) in [4.78, 5) is 14.4. The van der Waals surface area contributed by atoms with Crippen molar-refractivity contribution in [2.24, 2.45) is 0 Å². The maximum Gasteiger partial charge on any atom is 0.258 e. The number of carbonyl (C=O) groups is 1. The summed E-state index contributed by atoms with van der Waals surface area (Å²) in [5.41, 5.74) is 1.49. The Morgan fingerprint density at radius 1 is 1.10 bits per heavy atom. The molecule has 3 nitrogen and oxygen atoms in total. The second-order valence-corrected chi connectivity index (χ2v) is 4.58. The maximum atomic E-state index is 12.7. The van der Waals surface area contributed by atoms with Crippen molar-refractivity contribution in [3.63, 3.8) is 0 Å². The Kier molecular flexibility index (Phi) is 3.25. The van der Waals surface area contributed by atoms with Crippen molar-refractivity contribution in [3.8, 4) is 5.75 Å². The van der Waals surface area contributed by atoms with Crippen LogP contribution >= 0.6 is 0 Å². The third kappa shape index (κ3) is 2.18. The predicted octanol–water partition coefficient (Wildman–Crippen LogP) is 3.63. The molecule has 1 amide bonds. The van der Waals surface area contributed by atoms with E-state index in [1.54, 1.807) is 4.90 Å². The molecule has 3 heteroatoms. The van der Waals surface area contributed by atoms with Crippen molar-refractivity contribution in [2.45, 2.75) is 6.92 Å². The van der Waals surface area contributed by atoms with Crippen LogP contribution in [0.2, 0.25) is 0 Å². The number of rotatable bonds is 1. The summed E-state index contributed by atoms with van der Waals surface area (Å²) >= 11 is 0. The molecule has 1 aliphatic rings. The van der Waals surface area contributed by atoms with E-state index in [4.69, 9.17) is 4.74 Å². The molecule has 2 aromatic rings. The molecule has 1 aliphatic heterocycles. The molecular formula is C17H15NO2. The summed E-state index contributed by atoms with van der Waals surface area (Å²) in [6.07, 6.45) is 1.89. The molecule has 0 bridgehead atoms. The summed E-state index contributed by atoms with van der Waals surface area (Å²) in [7, 11) is 0. The van der Waals surface area contributed by atoms with E-state index in [1.807, 2.05) is 67.6 Å². The normalized spacial score (nSPS) is 15.7. The number of para-hydroxylation sites is 2. The summed E-state index contributed by atoms with van der Waals surface area (Å²) in [5, 5.41) is 0. The molecule has 1 heterocycles. The summed E-state index contributed by atoms with van der Waals surface area (Å²) in [5.74, 6) is 1.49. The second-order valence-electron chi connectivity index (χ2n) is 4.58. The summed E-state index contributed by atoms with van der Waals surface area (Å²) in [6, 6.07) is 16.9. The highest BCUT2D eigenvalue weighted by Crippen LogP contribution is 2.35. The van der Waals surface area contributed by atoms with Crippen LogP contribution in [0.5, 0.6) is 5.75 Å². The van der Waals surface area contributed by atoms with E-state index in [1.165, 1.54) is 0 Å². The van der Waals surface area contributed by atoms with Gasteiger partial charge in [0.15, 0.2) is 5.75 Å². The van der Waals surface area contributed by atoms with Gasteiger partial charge in [-0.05, 0) is 37.3 Å². The van der Waals surface area contributed by atoms with Gasteiger partial charge in [-0.1, -0.05) is 30.3 Å². The summed E-state index contributed by atoms with van der Waals surface area (Å²) in [6.45, 7) is 2.37. The molecule has 0 aromatic heterocycles. The molecule has 0 aliphatic carbocycles. The SMILES string of the molecule is C/C=C1/CN(C(=O)c2ccccc2)c2ccccc2O1. The fourth-order valence-electron chi connectivity index (χ4n) is 2.25. The Hall–Kier alpha value is -2.55. The lowest BCUT2D eigenvalue weighted by molar-refractivity contribution is 0.0983. The van der Waals surface area contributed by atoms with Crippen LogP contribution < -0.4 is 9.64 Å². The van der Waals surface area contributed by atoms with Crippen LogP contribution in [-0.4, -0.2) is 12.5 Å². The van der Waals surface area contributed by atoms with Crippen LogP contribution in [0, 0.1) is 0 Å². The second kappa shape index (κ2) is 5.21. The highest BCUT2D eigenvalue weighted by molar-refractivity contribution is 6.07. The average molecular weight is 265 g/mol. The Balaban J connectivity index is 2.03. The molecule has 0 unspecified atom stereocenters. The molecule has 0 fully saturated rings. The van der Waals surface area contributed by atoms with Gasteiger partial charge in [0.1, 0.15) is 5.76 Å². The van der Waals surface area contributed by atoms with E-state index < -0.39 is 0 Å². The molecule has 0 saturated heterocycles. The number of carbonyl (C=O) groups excluding carboxylic acids is 1. The van der Waals surface area contributed by atoms with E-state index in [0.717, 1.165) is 17.2 Å². The topological polar surface area (TPSA) is 29.5 Å². The van der Waals surface area contributed by atoms with Crippen molar-refractivity contribution >= 4 is 11.6 Å². The zero-order chi connectivity index (χ0) is 13.9. The van der Waals surface area contributed by atoms with E-state index in [0.29, 0.717) is 12.1 Å². The van der Waals surface area contributed by atoms with Crippen LogP contribution in [0.1, 0.15) is 17.3 Å². The quantitative estimate of drug-likeness (QED) is 0.788. The lowest BCUT2D eigenvalue weighted by Gasteiger charge is -2.30. The van der Waals surface area contributed by atoms with E-state index in [-0.39, 0.29) is 5.91 Å². The van der Waals surface area contributed by atoms with Crippen molar-refractivity contribution in [2.75, 3.05) is 11.4 Å². The van der Waals surface area contributed by atoms with E-state index in [2.05, 4.69) is 0 Å². The zero-order valence-corrected chi connectivity index (χ0v) is 11.2. The van der Waals surface area contributed by atoms with Gasteiger partial charge in [0, 0.05) is 5.56 Å². The molecule has 20 heavy (non-hydrogen) atoms. The van der Waals surface area contributed by atoms with Gasteiger partial charge in [0.2, 0.25) is 0 Å². The van der Waals surface area contributed by atoms with Gasteiger partial charge in [-0.2, -0.15) is 0 Å². The van der Waals surface area contributed by atoms with Crippen LogP contribution in [0.3, 0.4) is 0 Å². The first-order valence-electron chi connectivity index (χ1n) is 6.58. The molecule has 0 spiro atoms. The van der Waals surface area contributed by atoms with Gasteiger partial charge in [-0.25, -0.2) is 0 Å². The number of benzene rings is 2. The Bertz CT molecular complexity index is 662. The van der Waals surface area contributed by atoms with Crippen molar-refractivity contribution in [1.29, 1.82) is 0 Å². The number of amides is 1. The fourth-order valence-corrected chi connectivity index (χ4v) is 2.25. The maximum absolute atomic E-state index is 12.7. The smallest absolute Gasteiger partial charge is 0.258 e. The third-order valence-electron chi connectivity index (χ3n) is 3.30. The predicted molar refractivity (Wildman–Crippen MR) is 78.9 cm³/mol. The Morgan fingerprint density at radius 2 is 1.80 bits per heavy atom. The lowest BCUT2D eigenvalue weighted by atomic mass is 10.1. The number of fused-ring (bicyclic) bond motifs is 1. The number of hydrogen-bond acceptors (Lipinski definition) is 2. The van der Waals surface area contributed by atoms with Gasteiger partial charge < -0.3 is 4.74 Å². The minimum atomic E-state index is -0.0132. The monoisotopic (exact) mass is 265 g/mol. The number of anilines is 1. The van der Waals surface area contributed by atoms with Crippen LogP contribution in [0.4, 0.5) is 5.69 Å². The van der Waals surface area contributed by atoms with Gasteiger partial charge in [-0.15, -0.1) is 0 Å². The molecular weight excluding hydrogens is 250 g/mol. The number of allylic oxidation sites excluding steroid dienone is 1. The molecule has 2 aromatic carbocycles. The molecule has 3 rings (SSSR count). The van der Waals surface area contributed by atoms with Crippen LogP contribution in [0.15, 0.2) is 66.4 Å². The van der Waals surface area contributed by atoms with Crippen molar-refractivity contribution in [1.82, 2.24) is 0 Å². The Labute approximate surface area is 118 Å². The number of hydrogen-bond donors (Lipinski definition) is 0. The molecule has 0 radical (unpaired) electrons. The van der Waals surface area contributed by atoms with Gasteiger partial charge in [0.05, 0.1) is 12.2 Å². The number of ether oxygens (including phenoxy) is 1. The molecule has 0 saturated carbocycles. The minimum Gasteiger partial charge on any atom is -0.458 e. The van der Waals surface area contributed by atoms with Crippen LogP contribution in [0.25, 0.3) is 0 Å². The highest BCUT2D eigenvalue weighted by Gasteiger charge is 2.26. The first-order chi connectivity index (χ1) is 9.79. The Morgan fingerprint density at radius 3 is 2.55 bits per heavy atom. The van der Waals surface area contributed by atoms with Gasteiger partial charge >= 0.3 is 0 Å². The molecule has 0 N–H and O–H groups in total. The van der Waals surface area contributed by atoms with Gasteiger partial charge in [0.25, 0.3) is 5.91 Å². The van der Waals surface area contributed by atoms with Gasteiger partial charge in [-0.3, -0.25) is 9.69 Å². The standard InChI is InChI=1S/C17H15NO2/c1-2-14-12-18(15-10-6-7-11-16(15)20-14)17(19)13-8-4-3-5-9-13/h2-11H,12H2,1H3/b14-2-. The number of nitrogens with zero attached hydrogens (tertiary/aromatic N) is 1. The third-order valence-corrected chi connectivity index (χ3v) is 3.30. The zero-order valence-electron chi connectivity index (χ0n) is 11.2. The minimum absolute atomic E-state index is 0.0132. The van der Waals surface area contributed by atoms with Crippen LogP contribution in [-0.2, 0) is 0 Å². The van der Waals surface area contributed by atoms with E-state index in [9.17, 15) is 4.79 Å². The largest absolute Gasteiger partial charge is 0.458 e. The van der Waals surface area contributed by atoms with E-state index >= 15 is 0 Å². The lowest BCUT2D eigenvalue weighted by Crippen LogP contribution is -2.36. The first kappa shape index (κ1) is 12.5. The fraction of sp³-hybridized carbons (Fsp3) is 0.118. The average Bonchev–Trinajstić information content (AvgIpc) is 2.54. The first-order valence-corrected chi connectivity index (χ1v) is 6.58.